The Hall–Kier alpha value is -1.69. The van der Waals surface area contributed by atoms with E-state index >= 15 is 0 Å². The van der Waals surface area contributed by atoms with Crippen molar-refractivity contribution in [2.45, 2.75) is 20.3 Å². The van der Waals surface area contributed by atoms with Gasteiger partial charge in [0.25, 0.3) is 0 Å². The lowest BCUT2D eigenvalue weighted by atomic mass is 10.1. The summed E-state index contributed by atoms with van der Waals surface area (Å²) in [5.74, 6) is 0.366. The molecular formula is C13H13BrN2O3. The van der Waals surface area contributed by atoms with E-state index in [0.29, 0.717) is 12.4 Å². The van der Waals surface area contributed by atoms with Crippen LogP contribution in [0.25, 0.3) is 11.4 Å². The van der Waals surface area contributed by atoms with E-state index in [1.807, 2.05) is 25.1 Å². The van der Waals surface area contributed by atoms with Crippen LogP contribution in [-0.2, 0) is 16.0 Å². The number of esters is 1. The number of carbonyl (C=O) groups excluding carboxylic acids is 1. The van der Waals surface area contributed by atoms with Crippen molar-refractivity contribution in [1.29, 1.82) is 0 Å². The molecule has 1 aromatic carbocycles. The third kappa shape index (κ3) is 3.41. The highest BCUT2D eigenvalue weighted by Crippen LogP contribution is 2.23. The fourth-order valence-electron chi connectivity index (χ4n) is 1.65. The van der Waals surface area contributed by atoms with Crippen LogP contribution in [0.2, 0.25) is 0 Å². The van der Waals surface area contributed by atoms with Gasteiger partial charge in [-0.2, -0.15) is 4.98 Å². The number of hydrogen-bond donors (Lipinski definition) is 0. The molecule has 0 aliphatic heterocycles. The van der Waals surface area contributed by atoms with Crippen molar-refractivity contribution in [3.05, 3.63) is 34.1 Å². The zero-order valence-electron chi connectivity index (χ0n) is 10.6. The molecule has 19 heavy (non-hydrogen) atoms. The zero-order valence-corrected chi connectivity index (χ0v) is 12.2. The number of nitrogens with zero attached hydrogens (tertiary/aromatic N) is 2. The summed E-state index contributed by atoms with van der Waals surface area (Å²) in [6.07, 6.45) is -0.00356. The Labute approximate surface area is 119 Å². The average Bonchev–Trinajstić information content (AvgIpc) is 2.77. The molecule has 0 atom stereocenters. The summed E-state index contributed by atoms with van der Waals surface area (Å²) < 4.78 is 10.9. The van der Waals surface area contributed by atoms with Gasteiger partial charge in [0.05, 0.1) is 6.61 Å². The average molecular weight is 325 g/mol. The minimum Gasteiger partial charge on any atom is -0.466 e. The maximum Gasteiger partial charge on any atom is 0.315 e. The maximum absolute atomic E-state index is 11.3. The van der Waals surface area contributed by atoms with E-state index in [9.17, 15) is 4.79 Å². The van der Waals surface area contributed by atoms with Gasteiger partial charge in [-0.1, -0.05) is 21.1 Å². The van der Waals surface area contributed by atoms with Crippen LogP contribution < -0.4 is 0 Å². The number of halogens is 1. The number of benzene rings is 1. The van der Waals surface area contributed by atoms with E-state index in [1.54, 1.807) is 6.92 Å². The first-order valence-electron chi connectivity index (χ1n) is 5.85. The number of aromatic nitrogens is 2. The highest BCUT2D eigenvalue weighted by Gasteiger charge is 2.14. The molecule has 6 heteroatoms. The predicted octanol–water partition coefficient (Wildman–Crippen LogP) is 2.91. The first-order valence-corrected chi connectivity index (χ1v) is 6.64. The molecule has 0 aliphatic rings. The SMILES string of the molecule is CCOC(=O)Cc1nc(-c2ccc(Br)cc2C)no1. The molecule has 0 spiro atoms. The number of aryl methyl sites for hydroxylation is 1. The molecule has 0 fully saturated rings. The Balaban J connectivity index is 2.18. The normalized spacial score (nSPS) is 10.5. The van der Waals surface area contributed by atoms with Crippen LogP contribution in [0.4, 0.5) is 0 Å². The van der Waals surface area contributed by atoms with Gasteiger partial charge >= 0.3 is 5.97 Å². The van der Waals surface area contributed by atoms with E-state index in [0.717, 1.165) is 15.6 Å². The molecule has 1 heterocycles. The van der Waals surface area contributed by atoms with Crippen molar-refractivity contribution in [2.24, 2.45) is 0 Å². The van der Waals surface area contributed by atoms with Crippen LogP contribution in [-0.4, -0.2) is 22.7 Å². The van der Waals surface area contributed by atoms with Gasteiger partial charge in [-0.25, -0.2) is 0 Å². The zero-order chi connectivity index (χ0) is 13.8. The maximum atomic E-state index is 11.3. The van der Waals surface area contributed by atoms with Crippen LogP contribution in [0.5, 0.6) is 0 Å². The Kier molecular flexibility index (Phi) is 4.31. The summed E-state index contributed by atoms with van der Waals surface area (Å²) in [6, 6.07) is 5.78. The second kappa shape index (κ2) is 5.97. The molecule has 0 bridgehead atoms. The van der Waals surface area contributed by atoms with Crippen molar-refractivity contribution in [2.75, 3.05) is 6.61 Å². The van der Waals surface area contributed by atoms with Crippen molar-refractivity contribution in [3.8, 4) is 11.4 Å². The van der Waals surface area contributed by atoms with E-state index in [4.69, 9.17) is 9.26 Å². The second-order valence-corrected chi connectivity index (χ2v) is 4.87. The molecule has 1 aromatic heterocycles. The van der Waals surface area contributed by atoms with Gasteiger partial charge in [0.2, 0.25) is 11.7 Å². The van der Waals surface area contributed by atoms with Crippen LogP contribution in [0.15, 0.2) is 27.2 Å². The Morgan fingerprint density at radius 3 is 2.95 bits per heavy atom. The molecule has 5 nitrogen and oxygen atoms in total. The largest absolute Gasteiger partial charge is 0.466 e. The number of carbonyl (C=O) groups is 1. The van der Waals surface area contributed by atoms with Gasteiger partial charge < -0.3 is 9.26 Å². The van der Waals surface area contributed by atoms with Crippen molar-refractivity contribution in [3.63, 3.8) is 0 Å². The van der Waals surface area contributed by atoms with E-state index < -0.39 is 0 Å². The summed E-state index contributed by atoms with van der Waals surface area (Å²) in [7, 11) is 0. The van der Waals surface area contributed by atoms with Gasteiger partial charge in [0.15, 0.2) is 0 Å². The lowest BCUT2D eigenvalue weighted by molar-refractivity contribution is -0.142. The molecule has 0 radical (unpaired) electrons. The third-order valence-electron chi connectivity index (χ3n) is 2.50. The lowest BCUT2D eigenvalue weighted by Crippen LogP contribution is -2.07. The second-order valence-electron chi connectivity index (χ2n) is 3.95. The van der Waals surface area contributed by atoms with Gasteiger partial charge in [0.1, 0.15) is 6.42 Å². The van der Waals surface area contributed by atoms with E-state index in [2.05, 4.69) is 26.1 Å². The smallest absolute Gasteiger partial charge is 0.315 e. The quantitative estimate of drug-likeness (QED) is 0.809. The molecular weight excluding hydrogens is 312 g/mol. The van der Waals surface area contributed by atoms with Crippen LogP contribution >= 0.6 is 15.9 Å². The molecule has 0 saturated carbocycles. The Morgan fingerprint density at radius 1 is 1.47 bits per heavy atom. The number of rotatable bonds is 4. The van der Waals surface area contributed by atoms with Gasteiger partial charge in [0, 0.05) is 10.0 Å². The first kappa shape index (κ1) is 13.7. The number of hydrogen-bond acceptors (Lipinski definition) is 5. The Morgan fingerprint density at radius 2 is 2.26 bits per heavy atom. The van der Waals surface area contributed by atoms with Crippen molar-refractivity contribution in [1.82, 2.24) is 10.1 Å². The van der Waals surface area contributed by atoms with Crippen molar-refractivity contribution < 1.29 is 14.1 Å². The summed E-state index contributed by atoms with van der Waals surface area (Å²) >= 11 is 3.40. The van der Waals surface area contributed by atoms with Crippen LogP contribution in [0, 0.1) is 6.92 Å². The Bertz CT molecular complexity index is 595. The van der Waals surface area contributed by atoms with Crippen LogP contribution in [0.3, 0.4) is 0 Å². The predicted molar refractivity (Wildman–Crippen MR) is 72.5 cm³/mol. The molecule has 0 N–H and O–H groups in total. The molecule has 0 saturated heterocycles. The lowest BCUT2D eigenvalue weighted by Gasteiger charge is -2.00. The molecule has 0 aliphatic carbocycles. The highest BCUT2D eigenvalue weighted by molar-refractivity contribution is 9.10. The fraction of sp³-hybridized carbons (Fsp3) is 0.308. The molecule has 2 aromatic rings. The van der Waals surface area contributed by atoms with Gasteiger partial charge in [-0.15, -0.1) is 0 Å². The fourth-order valence-corrected chi connectivity index (χ4v) is 2.13. The van der Waals surface area contributed by atoms with Gasteiger partial charge in [-0.3, -0.25) is 4.79 Å². The monoisotopic (exact) mass is 324 g/mol. The minimum absolute atomic E-state index is 0.00356. The summed E-state index contributed by atoms with van der Waals surface area (Å²) in [5.41, 5.74) is 1.90. The standard InChI is InChI=1S/C13H13BrN2O3/c1-3-18-12(17)7-11-15-13(16-19-11)10-5-4-9(14)6-8(10)2/h4-6H,3,7H2,1-2H3. The summed E-state index contributed by atoms with van der Waals surface area (Å²) in [4.78, 5) is 15.5. The molecule has 100 valence electrons. The van der Waals surface area contributed by atoms with Gasteiger partial charge in [-0.05, 0) is 37.6 Å². The van der Waals surface area contributed by atoms with Crippen molar-refractivity contribution >= 4 is 21.9 Å². The highest BCUT2D eigenvalue weighted by atomic mass is 79.9. The summed E-state index contributed by atoms with van der Waals surface area (Å²) in [5, 5.41) is 3.88. The van der Waals surface area contributed by atoms with E-state index in [1.165, 1.54) is 0 Å². The molecule has 0 amide bonds. The summed E-state index contributed by atoms with van der Waals surface area (Å²) in [6.45, 7) is 4.05. The first-order chi connectivity index (χ1) is 9.10. The third-order valence-corrected chi connectivity index (χ3v) is 2.99. The van der Waals surface area contributed by atoms with E-state index in [-0.39, 0.29) is 18.3 Å². The number of ether oxygens (including phenoxy) is 1. The molecule has 2 rings (SSSR count). The molecule has 0 unspecified atom stereocenters. The topological polar surface area (TPSA) is 65.2 Å². The minimum atomic E-state index is -0.370. The van der Waals surface area contributed by atoms with Crippen LogP contribution in [0.1, 0.15) is 18.4 Å².